The zero-order chi connectivity index (χ0) is 19.8. The standard InChI is InChI=1S/C25H21N3O/c1-3-17-9-11-18(12-10-17)24-22-16-26-23-14-13-20(29-2)15-21(23)25(22)28(27-24)19-7-5-4-6-8-19/h4-16H,3H2,1-2H3. The lowest BCUT2D eigenvalue weighted by molar-refractivity contribution is 0.415. The number of nitrogens with zero attached hydrogens (tertiary/aromatic N) is 3. The Morgan fingerprint density at radius 2 is 1.69 bits per heavy atom. The lowest BCUT2D eigenvalue weighted by Gasteiger charge is -2.07. The molecular weight excluding hydrogens is 358 g/mol. The minimum Gasteiger partial charge on any atom is -0.497 e. The topological polar surface area (TPSA) is 39.9 Å². The highest BCUT2D eigenvalue weighted by Crippen LogP contribution is 2.35. The molecule has 0 unspecified atom stereocenters. The number of methoxy groups -OCH3 is 1. The number of rotatable bonds is 4. The molecule has 3 aromatic carbocycles. The Labute approximate surface area is 169 Å². The van der Waals surface area contributed by atoms with Gasteiger partial charge in [-0.25, -0.2) is 4.68 Å². The number of aryl methyl sites for hydroxylation is 1. The summed E-state index contributed by atoms with van der Waals surface area (Å²) in [5.41, 5.74) is 6.31. The molecule has 29 heavy (non-hydrogen) atoms. The van der Waals surface area contributed by atoms with Crippen LogP contribution in [-0.2, 0) is 6.42 Å². The van der Waals surface area contributed by atoms with Gasteiger partial charge in [0.15, 0.2) is 0 Å². The number of aromatic nitrogens is 3. The minimum atomic E-state index is 0.807. The highest BCUT2D eigenvalue weighted by atomic mass is 16.5. The zero-order valence-corrected chi connectivity index (χ0v) is 16.5. The molecule has 0 radical (unpaired) electrons. The van der Waals surface area contributed by atoms with Crippen molar-refractivity contribution in [3.05, 3.63) is 84.6 Å². The number of para-hydroxylation sites is 1. The molecule has 0 amide bonds. The first-order valence-corrected chi connectivity index (χ1v) is 9.78. The van der Waals surface area contributed by atoms with Crippen LogP contribution in [0.4, 0.5) is 0 Å². The van der Waals surface area contributed by atoms with Gasteiger partial charge in [-0.2, -0.15) is 5.10 Å². The Bertz CT molecular complexity index is 1310. The van der Waals surface area contributed by atoms with E-state index in [1.807, 2.05) is 47.3 Å². The van der Waals surface area contributed by atoms with Crippen molar-refractivity contribution in [2.75, 3.05) is 7.11 Å². The summed E-state index contributed by atoms with van der Waals surface area (Å²) >= 11 is 0. The third kappa shape index (κ3) is 2.93. The average Bonchev–Trinajstić information content (AvgIpc) is 3.19. The van der Waals surface area contributed by atoms with Crippen LogP contribution in [0.5, 0.6) is 5.75 Å². The van der Waals surface area contributed by atoms with Gasteiger partial charge in [-0.1, -0.05) is 49.4 Å². The first-order valence-electron chi connectivity index (χ1n) is 9.78. The zero-order valence-electron chi connectivity index (χ0n) is 16.5. The second kappa shape index (κ2) is 7.06. The van der Waals surface area contributed by atoms with Gasteiger partial charge in [0, 0.05) is 22.5 Å². The number of hydrogen-bond acceptors (Lipinski definition) is 3. The molecule has 4 heteroatoms. The van der Waals surface area contributed by atoms with Crippen LogP contribution in [-0.4, -0.2) is 21.9 Å². The van der Waals surface area contributed by atoms with Crippen molar-refractivity contribution in [2.24, 2.45) is 0 Å². The molecule has 4 nitrogen and oxygen atoms in total. The molecule has 0 aliphatic rings. The molecule has 5 rings (SSSR count). The average molecular weight is 379 g/mol. The van der Waals surface area contributed by atoms with E-state index in [1.165, 1.54) is 5.56 Å². The molecule has 0 saturated heterocycles. The Morgan fingerprint density at radius 1 is 0.897 bits per heavy atom. The fourth-order valence-corrected chi connectivity index (χ4v) is 3.76. The van der Waals surface area contributed by atoms with Gasteiger partial charge >= 0.3 is 0 Å². The third-order valence-electron chi connectivity index (χ3n) is 5.35. The monoisotopic (exact) mass is 379 g/mol. The first-order chi connectivity index (χ1) is 14.3. The summed E-state index contributed by atoms with van der Waals surface area (Å²) < 4.78 is 7.49. The number of pyridine rings is 1. The van der Waals surface area contributed by atoms with Crippen LogP contribution >= 0.6 is 0 Å². The van der Waals surface area contributed by atoms with E-state index in [1.54, 1.807) is 7.11 Å². The van der Waals surface area contributed by atoms with Crippen LogP contribution in [0.15, 0.2) is 79.0 Å². The SMILES string of the molecule is CCc1ccc(-c2nn(-c3ccccc3)c3c2cnc2ccc(OC)cc23)cc1. The quantitative estimate of drug-likeness (QED) is 0.395. The van der Waals surface area contributed by atoms with Gasteiger partial charge in [0.05, 0.1) is 23.8 Å². The lowest BCUT2D eigenvalue weighted by atomic mass is 10.0. The van der Waals surface area contributed by atoms with E-state index in [0.29, 0.717) is 0 Å². The maximum absolute atomic E-state index is 5.48. The van der Waals surface area contributed by atoms with Gasteiger partial charge in [0.25, 0.3) is 0 Å². The fourth-order valence-electron chi connectivity index (χ4n) is 3.76. The highest BCUT2D eigenvalue weighted by molar-refractivity contribution is 6.09. The van der Waals surface area contributed by atoms with Crippen LogP contribution in [0.3, 0.4) is 0 Å². The summed E-state index contributed by atoms with van der Waals surface area (Å²) in [6.07, 6.45) is 2.95. The number of hydrogen-bond donors (Lipinski definition) is 0. The maximum atomic E-state index is 5.48. The van der Waals surface area contributed by atoms with Crippen LogP contribution in [0.1, 0.15) is 12.5 Å². The van der Waals surface area contributed by atoms with Crippen molar-refractivity contribution in [3.63, 3.8) is 0 Å². The Balaban J connectivity index is 1.86. The number of ether oxygens (including phenoxy) is 1. The van der Waals surface area contributed by atoms with E-state index in [-0.39, 0.29) is 0 Å². The molecule has 0 N–H and O–H groups in total. The van der Waals surface area contributed by atoms with Crippen molar-refractivity contribution in [1.29, 1.82) is 0 Å². The molecule has 2 aromatic heterocycles. The molecule has 0 atom stereocenters. The number of fused-ring (bicyclic) bond motifs is 3. The number of benzene rings is 3. The predicted molar refractivity (Wildman–Crippen MR) is 118 cm³/mol. The van der Waals surface area contributed by atoms with Crippen molar-refractivity contribution in [2.45, 2.75) is 13.3 Å². The molecule has 5 aromatic rings. The Kier molecular flexibility index (Phi) is 4.24. The third-order valence-corrected chi connectivity index (χ3v) is 5.35. The largest absolute Gasteiger partial charge is 0.497 e. The van der Waals surface area contributed by atoms with E-state index in [9.17, 15) is 0 Å². The maximum Gasteiger partial charge on any atom is 0.119 e. The summed E-state index contributed by atoms with van der Waals surface area (Å²) in [4.78, 5) is 4.70. The fraction of sp³-hybridized carbons (Fsp3) is 0.120. The van der Waals surface area contributed by atoms with Crippen molar-refractivity contribution >= 4 is 21.8 Å². The molecule has 2 heterocycles. The molecular formula is C25H21N3O. The van der Waals surface area contributed by atoms with Gasteiger partial charge < -0.3 is 4.74 Å². The first kappa shape index (κ1) is 17.4. The molecule has 0 aliphatic carbocycles. The van der Waals surface area contributed by atoms with E-state index in [4.69, 9.17) is 14.8 Å². The smallest absolute Gasteiger partial charge is 0.119 e. The van der Waals surface area contributed by atoms with Gasteiger partial charge in [-0.05, 0) is 42.3 Å². The van der Waals surface area contributed by atoms with Crippen LogP contribution < -0.4 is 4.74 Å². The van der Waals surface area contributed by atoms with Crippen molar-refractivity contribution in [3.8, 4) is 22.7 Å². The normalized spacial score (nSPS) is 11.2. The predicted octanol–water partition coefficient (Wildman–Crippen LogP) is 5.81. The van der Waals surface area contributed by atoms with Crippen molar-refractivity contribution in [1.82, 2.24) is 14.8 Å². The van der Waals surface area contributed by atoms with Crippen LogP contribution in [0, 0.1) is 0 Å². The second-order valence-electron chi connectivity index (χ2n) is 7.05. The van der Waals surface area contributed by atoms with E-state index < -0.39 is 0 Å². The van der Waals surface area contributed by atoms with Crippen LogP contribution in [0.25, 0.3) is 38.8 Å². The van der Waals surface area contributed by atoms with Crippen molar-refractivity contribution < 1.29 is 4.74 Å². The molecule has 0 aliphatic heterocycles. The van der Waals surface area contributed by atoms with Gasteiger partial charge in [0.1, 0.15) is 11.4 Å². The van der Waals surface area contributed by atoms with Gasteiger partial charge in [-0.3, -0.25) is 4.98 Å². The molecule has 142 valence electrons. The molecule has 0 saturated carbocycles. The van der Waals surface area contributed by atoms with Gasteiger partial charge in [0.2, 0.25) is 0 Å². The Hall–Kier alpha value is -3.66. The lowest BCUT2D eigenvalue weighted by Crippen LogP contribution is -1.97. The minimum absolute atomic E-state index is 0.807. The second-order valence-corrected chi connectivity index (χ2v) is 7.05. The van der Waals surface area contributed by atoms with Gasteiger partial charge in [-0.15, -0.1) is 0 Å². The summed E-state index contributed by atoms with van der Waals surface area (Å²) in [6, 6.07) is 24.8. The summed E-state index contributed by atoms with van der Waals surface area (Å²) in [6.45, 7) is 2.16. The highest BCUT2D eigenvalue weighted by Gasteiger charge is 2.17. The molecule has 0 spiro atoms. The van der Waals surface area contributed by atoms with E-state index >= 15 is 0 Å². The van der Waals surface area contributed by atoms with E-state index in [0.717, 1.165) is 50.9 Å². The van der Waals surface area contributed by atoms with Crippen LogP contribution in [0.2, 0.25) is 0 Å². The summed E-state index contributed by atoms with van der Waals surface area (Å²) in [5.74, 6) is 0.807. The Morgan fingerprint density at radius 3 is 2.41 bits per heavy atom. The molecule has 0 fully saturated rings. The summed E-state index contributed by atoms with van der Waals surface area (Å²) in [5, 5.41) is 7.08. The van der Waals surface area contributed by atoms with E-state index in [2.05, 4.69) is 43.3 Å². The summed E-state index contributed by atoms with van der Waals surface area (Å²) in [7, 11) is 1.68. The molecule has 0 bridgehead atoms.